The molecule has 8 heteroatoms. The number of nitrogen functional groups attached to an aromatic ring is 1. The molecule has 23 heavy (non-hydrogen) atoms. The third-order valence-corrected chi connectivity index (χ3v) is 4.44. The van der Waals surface area contributed by atoms with Crippen molar-refractivity contribution < 1.29 is 4.79 Å². The Kier molecular flexibility index (Phi) is 6.65. The lowest BCUT2D eigenvalue weighted by Gasteiger charge is -2.20. The zero-order valence-electron chi connectivity index (χ0n) is 12.7. The Morgan fingerprint density at radius 3 is 2.87 bits per heavy atom. The van der Waals surface area contributed by atoms with E-state index >= 15 is 0 Å². The van der Waals surface area contributed by atoms with Crippen LogP contribution in [0.15, 0.2) is 24.4 Å². The standard InChI is InChI=1S/C15H18Cl2N4OS/c1-2-5-21(8-11-7-19-15(18)23-11)9-14(22)20-13-6-10(16)3-4-12(13)17/h3-4,6-7H,2,5,8-9H2,1H3,(H2,18,19)(H,20,22). The lowest BCUT2D eigenvalue weighted by Crippen LogP contribution is -2.33. The van der Waals surface area contributed by atoms with Crippen LogP contribution in [-0.2, 0) is 11.3 Å². The molecule has 5 nitrogen and oxygen atoms in total. The maximum atomic E-state index is 12.3. The van der Waals surface area contributed by atoms with Crippen LogP contribution >= 0.6 is 34.5 Å². The summed E-state index contributed by atoms with van der Waals surface area (Å²) in [7, 11) is 0. The Morgan fingerprint density at radius 1 is 1.43 bits per heavy atom. The molecule has 0 unspecified atom stereocenters. The quantitative estimate of drug-likeness (QED) is 0.773. The summed E-state index contributed by atoms with van der Waals surface area (Å²) in [6, 6.07) is 4.97. The largest absolute Gasteiger partial charge is 0.375 e. The Labute approximate surface area is 149 Å². The number of carbonyl (C=O) groups is 1. The van der Waals surface area contributed by atoms with Crippen LogP contribution < -0.4 is 11.1 Å². The van der Waals surface area contributed by atoms with Crippen molar-refractivity contribution in [3.8, 4) is 0 Å². The summed E-state index contributed by atoms with van der Waals surface area (Å²) < 4.78 is 0. The zero-order chi connectivity index (χ0) is 16.8. The Bertz CT molecular complexity index is 677. The number of hydrogen-bond acceptors (Lipinski definition) is 5. The second-order valence-corrected chi connectivity index (χ2v) is 7.04. The predicted octanol–water partition coefficient (Wildman–Crippen LogP) is 3.88. The van der Waals surface area contributed by atoms with Crippen LogP contribution in [0.2, 0.25) is 10.0 Å². The number of halogens is 2. The molecule has 0 bridgehead atoms. The average molecular weight is 373 g/mol. The Morgan fingerprint density at radius 2 is 2.22 bits per heavy atom. The van der Waals surface area contributed by atoms with E-state index < -0.39 is 0 Å². The molecule has 2 aromatic rings. The molecule has 1 aromatic carbocycles. The van der Waals surface area contributed by atoms with E-state index in [4.69, 9.17) is 28.9 Å². The second kappa shape index (κ2) is 8.49. The maximum Gasteiger partial charge on any atom is 0.238 e. The summed E-state index contributed by atoms with van der Waals surface area (Å²) in [4.78, 5) is 19.4. The van der Waals surface area contributed by atoms with Gasteiger partial charge in [0.1, 0.15) is 0 Å². The van der Waals surface area contributed by atoms with Crippen molar-refractivity contribution in [3.63, 3.8) is 0 Å². The van der Waals surface area contributed by atoms with Gasteiger partial charge >= 0.3 is 0 Å². The van der Waals surface area contributed by atoms with Crippen molar-refractivity contribution in [2.45, 2.75) is 19.9 Å². The number of hydrogen-bond donors (Lipinski definition) is 2. The molecule has 0 fully saturated rings. The van der Waals surface area contributed by atoms with Crippen molar-refractivity contribution >= 4 is 51.3 Å². The first-order valence-corrected chi connectivity index (χ1v) is 8.72. The van der Waals surface area contributed by atoms with Crippen LogP contribution in [0.4, 0.5) is 10.8 Å². The Balaban J connectivity index is 1.98. The normalized spacial score (nSPS) is 11.0. The summed E-state index contributed by atoms with van der Waals surface area (Å²) in [5.74, 6) is -0.139. The highest BCUT2D eigenvalue weighted by Gasteiger charge is 2.13. The van der Waals surface area contributed by atoms with Gasteiger partial charge in [-0.3, -0.25) is 9.69 Å². The second-order valence-electron chi connectivity index (χ2n) is 5.05. The summed E-state index contributed by atoms with van der Waals surface area (Å²) in [6.45, 7) is 3.77. The maximum absolute atomic E-state index is 12.3. The number of nitrogens with two attached hydrogens (primary N) is 1. The molecule has 1 heterocycles. The van der Waals surface area contributed by atoms with Gasteiger partial charge in [-0.1, -0.05) is 30.1 Å². The van der Waals surface area contributed by atoms with Crippen LogP contribution in [0.3, 0.4) is 0 Å². The lowest BCUT2D eigenvalue weighted by molar-refractivity contribution is -0.117. The first-order valence-electron chi connectivity index (χ1n) is 7.15. The molecule has 0 aliphatic rings. The van der Waals surface area contributed by atoms with Gasteiger partial charge in [0.15, 0.2) is 5.13 Å². The topological polar surface area (TPSA) is 71.2 Å². The number of thiazole rings is 1. The number of nitrogens with zero attached hydrogens (tertiary/aromatic N) is 2. The number of rotatable bonds is 7. The van der Waals surface area contributed by atoms with Crippen LogP contribution in [0, 0.1) is 0 Å². The van der Waals surface area contributed by atoms with Crippen molar-refractivity contribution in [3.05, 3.63) is 39.3 Å². The van der Waals surface area contributed by atoms with Crippen molar-refractivity contribution in [2.24, 2.45) is 0 Å². The van der Waals surface area contributed by atoms with Gasteiger partial charge in [-0.15, -0.1) is 11.3 Å². The van der Waals surface area contributed by atoms with E-state index in [1.807, 2.05) is 4.90 Å². The molecule has 2 rings (SSSR count). The highest BCUT2D eigenvalue weighted by atomic mass is 35.5. The molecule has 0 saturated carbocycles. The van der Waals surface area contributed by atoms with Gasteiger partial charge in [0.25, 0.3) is 0 Å². The highest BCUT2D eigenvalue weighted by Crippen LogP contribution is 2.25. The molecule has 0 atom stereocenters. The van der Waals surface area contributed by atoms with Crippen LogP contribution in [0.25, 0.3) is 0 Å². The Hall–Kier alpha value is -1.34. The first kappa shape index (κ1) is 18.0. The minimum absolute atomic E-state index is 0.139. The van der Waals surface area contributed by atoms with E-state index in [1.54, 1.807) is 24.4 Å². The molecule has 124 valence electrons. The van der Waals surface area contributed by atoms with Gasteiger partial charge in [0.2, 0.25) is 5.91 Å². The zero-order valence-corrected chi connectivity index (χ0v) is 15.0. The molecule has 0 aliphatic heterocycles. The molecular weight excluding hydrogens is 355 g/mol. The monoisotopic (exact) mass is 372 g/mol. The molecule has 3 N–H and O–H groups in total. The van der Waals surface area contributed by atoms with Crippen molar-refractivity contribution in [2.75, 3.05) is 24.1 Å². The lowest BCUT2D eigenvalue weighted by atomic mass is 10.3. The number of aromatic nitrogens is 1. The van der Waals surface area contributed by atoms with E-state index in [9.17, 15) is 4.79 Å². The molecule has 1 amide bonds. The number of carbonyl (C=O) groups excluding carboxylic acids is 1. The van der Waals surface area contributed by atoms with Gasteiger partial charge in [-0.05, 0) is 31.2 Å². The molecule has 0 aliphatic carbocycles. The average Bonchev–Trinajstić information content (AvgIpc) is 2.88. The van der Waals surface area contributed by atoms with Crippen LogP contribution in [0.1, 0.15) is 18.2 Å². The third-order valence-electron chi connectivity index (χ3n) is 3.06. The predicted molar refractivity (Wildman–Crippen MR) is 97.2 cm³/mol. The number of anilines is 2. The van der Waals surface area contributed by atoms with Gasteiger partial charge < -0.3 is 11.1 Å². The number of benzene rings is 1. The van der Waals surface area contributed by atoms with E-state index in [0.29, 0.717) is 27.4 Å². The van der Waals surface area contributed by atoms with Gasteiger partial charge in [0.05, 0.1) is 17.3 Å². The van der Waals surface area contributed by atoms with Gasteiger partial charge in [0, 0.05) is 22.6 Å². The summed E-state index contributed by atoms with van der Waals surface area (Å²) >= 11 is 13.4. The fraction of sp³-hybridized carbons (Fsp3) is 0.333. The first-order chi connectivity index (χ1) is 11.0. The molecule has 0 radical (unpaired) electrons. The van der Waals surface area contributed by atoms with Crippen LogP contribution in [-0.4, -0.2) is 28.9 Å². The smallest absolute Gasteiger partial charge is 0.238 e. The highest BCUT2D eigenvalue weighted by molar-refractivity contribution is 7.15. The summed E-state index contributed by atoms with van der Waals surface area (Å²) in [6.07, 6.45) is 2.69. The van der Waals surface area contributed by atoms with Crippen molar-refractivity contribution in [1.29, 1.82) is 0 Å². The van der Waals surface area contributed by atoms with E-state index in [-0.39, 0.29) is 12.5 Å². The minimum Gasteiger partial charge on any atom is -0.375 e. The molecule has 0 spiro atoms. The van der Waals surface area contributed by atoms with Crippen molar-refractivity contribution in [1.82, 2.24) is 9.88 Å². The fourth-order valence-electron chi connectivity index (χ4n) is 2.13. The van der Waals surface area contributed by atoms with Gasteiger partial charge in [-0.25, -0.2) is 4.98 Å². The SMILES string of the molecule is CCCN(CC(=O)Nc1cc(Cl)ccc1Cl)Cc1cnc(N)s1. The fourth-order valence-corrected chi connectivity index (χ4v) is 3.20. The van der Waals surface area contributed by atoms with Crippen LogP contribution in [0.5, 0.6) is 0 Å². The van der Waals surface area contributed by atoms with E-state index in [2.05, 4.69) is 17.2 Å². The third kappa shape index (κ3) is 5.66. The van der Waals surface area contributed by atoms with E-state index in [0.717, 1.165) is 17.8 Å². The number of amides is 1. The summed E-state index contributed by atoms with van der Waals surface area (Å²) in [5, 5.41) is 4.31. The minimum atomic E-state index is -0.139. The molecule has 1 aromatic heterocycles. The summed E-state index contributed by atoms with van der Waals surface area (Å²) in [5.41, 5.74) is 6.16. The molecule has 0 saturated heterocycles. The van der Waals surface area contributed by atoms with Gasteiger partial charge in [-0.2, -0.15) is 0 Å². The number of nitrogens with one attached hydrogen (secondary N) is 1. The molecular formula is C15H18Cl2N4OS. The van der Waals surface area contributed by atoms with E-state index in [1.165, 1.54) is 11.3 Å².